The van der Waals surface area contributed by atoms with Gasteiger partial charge < -0.3 is 9.47 Å². The Morgan fingerprint density at radius 3 is 1.89 bits per heavy atom. The fourth-order valence-electron chi connectivity index (χ4n) is 3.69. The molecule has 0 atom stereocenters. The van der Waals surface area contributed by atoms with Crippen LogP contribution in [0.15, 0.2) is 77.0 Å². The minimum Gasteiger partial charge on any atom is -0.494 e. The number of hydrogen-bond donors (Lipinski definition) is 0. The molecule has 0 aromatic heterocycles. The van der Waals surface area contributed by atoms with Gasteiger partial charge in [-0.05, 0) is 122 Å². The summed E-state index contributed by atoms with van der Waals surface area (Å²) in [7, 11) is 0. The number of hydrogen-bond acceptors (Lipinski definition) is 6. The zero-order chi connectivity index (χ0) is 27.2. The van der Waals surface area contributed by atoms with Crippen molar-refractivity contribution in [1.82, 2.24) is 0 Å². The van der Waals surface area contributed by atoms with Crippen LogP contribution in [0.5, 0.6) is 11.5 Å². The zero-order valence-electron chi connectivity index (χ0n) is 21.5. The molecule has 0 N–H and O–H groups in total. The van der Waals surface area contributed by atoms with E-state index in [2.05, 4.69) is 29.3 Å². The van der Waals surface area contributed by atoms with Crippen LogP contribution in [0, 0.1) is 0 Å². The van der Waals surface area contributed by atoms with Gasteiger partial charge in [0.15, 0.2) is 0 Å². The monoisotopic (exact) mass is 554 g/mol. The number of unbranched alkanes of at least 4 members (excludes halogenated alkanes) is 4. The summed E-state index contributed by atoms with van der Waals surface area (Å²) >= 11 is 11.1. The van der Waals surface area contributed by atoms with Crippen molar-refractivity contribution >= 4 is 45.1 Å². The molecule has 3 aromatic carbocycles. The van der Waals surface area contributed by atoms with Crippen LogP contribution in [0.25, 0.3) is 0 Å². The normalized spacial score (nSPS) is 11.0. The molecule has 0 saturated heterocycles. The number of ether oxygens (including phenoxy) is 2. The van der Waals surface area contributed by atoms with E-state index in [1.54, 1.807) is 0 Å². The zero-order valence-corrected chi connectivity index (χ0v) is 23.0. The largest absolute Gasteiger partial charge is 0.494 e. The Balaban J connectivity index is 1.32. The van der Waals surface area contributed by atoms with Crippen molar-refractivity contribution in [2.75, 3.05) is 13.2 Å². The highest BCUT2D eigenvalue weighted by atomic mass is 35.5. The van der Waals surface area contributed by atoms with E-state index in [9.17, 15) is 9.59 Å². The number of aryl methyl sites for hydroxylation is 1. The minimum absolute atomic E-state index is 0.214. The third-order valence-electron chi connectivity index (χ3n) is 5.86. The highest BCUT2D eigenvalue weighted by molar-refractivity contribution is 6.68. The topological polar surface area (TPSA) is 77.3 Å². The summed E-state index contributed by atoms with van der Waals surface area (Å²) in [6.45, 7) is 3.20. The molecular formula is C30H32Cl2N2O4. The van der Waals surface area contributed by atoms with E-state index in [0.29, 0.717) is 13.2 Å². The maximum Gasteiger partial charge on any atom is 0.256 e. The third kappa shape index (κ3) is 9.92. The van der Waals surface area contributed by atoms with E-state index in [1.165, 1.54) is 36.6 Å². The van der Waals surface area contributed by atoms with E-state index in [4.69, 9.17) is 32.7 Å². The summed E-state index contributed by atoms with van der Waals surface area (Å²) in [6, 6.07) is 20.1. The molecule has 0 saturated carbocycles. The Morgan fingerprint density at radius 1 is 0.711 bits per heavy atom. The molecule has 0 aliphatic heterocycles. The Labute approximate surface area is 234 Å². The van der Waals surface area contributed by atoms with Crippen molar-refractivity contribution in [3.8, 4) is 11.5 Å². The maximum atomic E-state index is 11.6. The van der Waals surface area contributed by atoms with Crippen molar-refractivity contribution < 1.29 is 19.1 Å². The van der Waals surface area contributed by atoms with Gasteiger partial charge in [0.05, 0.1) is 30.2 Å². The van der Waals surface area contributed by atoms with Gasteiger partial charge >= 0.3 is 0 Å². The molecule has 0 spiro atoms. The molecule has 0 radical (unpaired) electrons. The van der Waals surface area contributed by atoms with E-state index in [1.807, 2.05) is 36.4 Å². The second-order valence-electron chi connectivity index (χ2n) is 8.83. The molecule has 3 aromatic rings. The fraction of sp³-hybridized carbons (Fsp3) is 0.333. The van der Waals surface area contributed by atoms with Crippen LogP contribution in [-0.4, -0.2) is 23.7 Å². The lowest BCUT2D eigenvalue weighted by atomic mass is 10.1. The molecule has 0 bridgehead atoms. The quantitative estimate of drug-likeness (QED) is 0.100. The van der Waals surface area contributed by atoms with E-state index >= 15 is 0 Å². The Bertz CT molecular complexity index is 1210. The van der Waals surface area contributed by atoms with Crippen molar-refractivity contribution in [3.05, 3.63) is 83.4 Å². The Kier molecular flexibility index (Phi) is 12.3. The lowest BCUT2D eigenvalue weighted by molar-refractivity contribution is 0.106. The lowest BCUT2D eigenvalue weighted by Gasteiger charge is -2.10. The first-order valence-corrected chi connectivity index (χ1v) is 13.6. The lowest BCUT2D eigenvalue weighted by Crippen LogP contribution is -2.04. The number of halogens is 2. The average Bonchev–Trinajstić information content (AvgIpc) is 2.93. The van der Waals surface area contributed by atoms with Crippen LogP contribution in [0.1, 0.15) is 71.7 Å². The van der Waals surface area contributed by atoms with Crippen molar-refractivity contribution in [3.63, 3.8) is 0 Å². The predicted molar refractivity (Wildman–Crippen MR) is 152 cm³/mol. The van der Waals surface area contributed by atoms with Crippen LogP contribution in [-0.2, 0) is 6.42 Å². The van der Waals surface area contributed by atoms with Gasteiger partial charge in [0, 0.05) is 5.56 Å². The molecule has 0 aliphatic carbocycles. The number of carbonyl (C=O) groups is 2. The number of rotatable bonds is 16. The third-order valence-corrected chi connectivity index (χ3v) is 6.28. The molecule has 0 heterocycles. The Morgan fingerprint density at radius 2 is 1.32 bits per heavy atom. The van der Waals surface area contributed by atoms with Crippen LogP contribution in [0.2, 0.25) is 0 Å². The number of carbonyl (C=O) groups excluding carboxylic acids is 2. The molecule has 3 rings (SSSR count). The Hall–Kier alpha value is -3.22. The molecule has 0 amide bonds. The summed E-state index contributed by atoms with van der Waals surface area (Å²) < 4.78 is 11.5. The maximum absolute atomic E-state index is 11.6. The minimum atomic E-state index is -0.644. The SMILES string of the molecule is CCCCc1ccc(N=Nc2ccc(OCCCCCCOc3cc(C(=O)Cl)ccc3C(=O)Cl)cc2)cc1. The fourth-order valence-corrected chi connectivity index (χ4v) is 3.96. The first kappa shape index (κ1) is 29.3. The number of azo groups is 1. The second kappa shape index (κ2) is 15.9. The van der Waals surface area contributed by atoms with E-state index in [-0.39, 0.29) is 16.9 Å². The molecule has 0 aliphatic rings. The van der Waals surface area contributed by atoms with Crippen LogP contribution >= 0.6 is 23.2 Å². The molecule has 0 unspecified atom stereocenters. The predicted octanol–water partition coefficient (Wildman–Crippen LogP) is 9.22. The summed E-state index contributed by atoms with van der Waals surface area (Å²) in [5, 5.41) is 7.36. The van der Waals surface area contributed by atoms with Gasteiger partial charge in [-0.3, -0.25) is 9.59 Å². The van der Waals surface area contributed by atoms with Crippen LogP contribution in [0.3, 0.4) is 0 Å². The number of benzene rings is 3. The van der Waals surface area contributed by atoms with E-state index in [0.717, 1.165) is 49.2 Å². The van der Waals surface area contributed by atoms with Crippen LogP contribution in [0.4, 0.5) is 11.4 Å². The second-order valence-corrected chi connectivity index (χ2v) is 9.52. The molecule has 0 fully saturated rings. The summed E-state index contributed by atoms with van der Waals surface area (Å²) in [5.74, 6) is 1.06. The molecule has 38 heavy (non-hydrogen) atoms. The average molecular weight is 556 g/mol. The first-order chi connectivity index (χ1) is 18.5. The van der Waals surface area contributed by atoms with Gasteiger partial charge in [-0.1, -0.05) is 25.5 Å². The summed E-state index contributed by atoms with van der Waals surface area (Å²) in [6.07, 6.45) is 7.06. The van der Waals surface area contributed by atoms with Gasteiger partial charge in [-0.25, -0.2) is 0 Å². The van der Waals surface area contributed by atoms with Crippen LogP contribution < -0.4 is 9.47 Å². The van der Waals surface area contributed by atoms with Crippen molar-refractivity contribution in [2.24, 2.45) is 10.2 Å². The molecular weight excluding hydrogens is 523 g/mol. The molecule has 8 heteroatoms. The van der Waals surface area contributed by atoms with Gasteiger partial charge in [-0.2, -0.15) is 10.2 Å². The van der Waals surface area contributed by atoms with Gasteiger partial charge in [0.2, 0.25) is 0 Å². The van der Waals surface area contributed by atoms with Gasteiger partial charge in [0.1, 0.15) is 11.5 Å². The van der Waals surface area contributed by atoms with E-state index < -0.39 is 10.5 Å². The molecule has 6 nitrogen and oxygen atoms in total. The van der Waals surface area contributed by atoms with Gasteiger partial charge in [0.25, 0.3) is 10.5 Å². The van der Waals surface area contributed by atoms with Crippen molar-refractivity contribution in [1.29, 1.82) is 0 Å². The summed E-state index contributed by atoms with van der Waals surface area (Å²) in [5.41, 5.74) is 3.40. The highest BCUT2D eigenvalue weighted by Crippen LogP contribution is 2.24. The number of nitrogens with zero attached hydrogens (tertiary/aromatic N) is 2. The standard InChI is InChI=1S/C30H32Cl2N2O4/c1-2-3-8-22-9-12-24(13-10-22)33-34-25-14-16-26(17-15-25)37-19-6-4-5-7-20-38-28-21-23(29(31)35)11-18-27(28)30(32)36/h9-18,21H,2-8,19-20H2,1H3. The summed E-state index contributed by atoms with van der Waals surface area (Å²) in [4.78, 5) is 22.9. The van der Waals surface area contributed by atoms with Gasteiger partial charge in [-0.15, -0.1) is 0 Å². The highest BCUT2D eigenvalue weighted by Gasteiger charge is 2.13. The van der Waals surface area contributed by atoms with Crippen molar-refractivity contribution in [2.45, 2.75) is 51.9 Å². The molecule has 200 valence electrons. The smallest absolute Gasteiger partial charge is 0.256 e. The first-order valence-electron chi connectivity index (χ1n) is 12.9.